The largest absolute Gasteiger partial charge is 0.443 e. The Bertz CT molecular complexity index is 711. The summed E-state index contributed by atoms with van der Waals surface area (Å²) in [4.78, 5) is 28.6. The maximum absolute atomic E-state index is 11.8. The van der Waals surface area contributed by atoms with Crippen molar-refractivity contribution in [3.8, 4) is 0 Å². The van der Waals surface area contributed by atoms with E-state index < -0.39 is 0 Å². The quantitative estimate of drug-likeness (QED) is 0.895. The molecule has 0 unspecified atom stereocenters. The number of hydrogen-bond acceptors (Lipinski definition) is 6. The van der Waals surface area contributed by atoms with E-state index in [1.165, 1.54) is 22.1 Å². The van der Waals surface area contributed by atoms with Gasteiger partial charge < -0.3 is 10.5 Å². The average Bonchev–Trinajstić information content (AvgIpc) is 3.07. The van der Waals surface area contributed by atoms with Gasteiger partial charge in [-0.25, -0.2) is 14.6 Å². The van der Waals surface area contributed by atoms with Crippen molar-refractivity contribution in [3.63, 3.8) is 0 Å². The summed E-state index contributed by atoms with van der Waals surface area (Å²) in [5.41, 5.74) is 6.16. The van der Waals surface area contributed by atoms with Crippen LogP contribution < -0.4 is 16.3 Å². The Morgan fingerprint density at radius 3 is 3.05 bits per heavy atom. The van der Waals surface area contributed by atoms with Crippen LogP contribution >= 0.6 is 11.3 Å². The van der Waals surface area contributed by atoms with Crippen molar-refractivity contribution in [1.82, 2.24) is 9.55 Å². The first-order valence-electron chi connectivity index (χ1n) is 6.44. The standard InChI is InChI=1S/C13H14N4O3S/c14-5-10-7-17(13(19)20-10)11-4-9(8-21-11)6-16-3-1-2-15-12(16)18/h1-4,8,10H,5-7,14H2/t10-/m0/s1. The molecular formula is C13H14N4O3S. The molecule has 110 valence electrons. The number of carbonyl (C=O) groups excluding carboxylic acids is 1. The Labute approximate surface area is 124 Å². The minimum Gasteiger partial charge on any atom is -0.443 e. The number of ether oxygens (including phenoxy) is 1. The summed E-state index contributed by atoms with van der Waals surface area (Å²) in [6.07, 6.45) is 2.51. The lowest BCUT2D eigenvalue weighted by molar-refractivity contribution is 0.145. The number of anilines is 1. The van der Waals surface area contributed by atoms with Gasteiger partial charge in [0.05, 0.1) is 13.1 Å². The van der Waals surface area contributed by atoms with Gasteiger partial charge in [-0.1, -0.05) is 0 Å². The molecular weight excluding hydrogens is 292 g/mol. The van der Waals surface area contributed by atoms with Crippen LogP contribution in [0.5, 0.6) is 0 Å². The Hall–Kier alpha value is -2.19. The normalized spacial score (nSPS) is 18.0. The third kappa shape index (κ3) is 2.81. The molecule has 0 spiro atoms. The molecule has 0 aromatic carbocycles. The second-order valence-electron chi connectivity index (χ2n) is 4.68. The summed E-state index contributed by atoms with van der Waals surface area (Å²) in [6.45, 7) is 1.19. The van der Waals surface area contributed by atoms with Crippen LogP contribution in [0.25, 0.3) is 0 Å². The minimum atomic E-state index is -0.377. The number of aromatic nitrogens is 2. The number of nitrogens with two attached hydrogens (primary N) is 1. The van der Waals surface area contributed by atoms with Crippen molar-refractivity contribution < 1.29 is 9.53 Å². The Kier molecular flexibility index (Phi) is 3.72. The van der Waals surface area contributed by atoms with Crippen LogP contribution in [0.3, 0.4) is 0 Å². The van der Waals surface area contributed by atoms with Crippen molar-refractivity contribution in [1.29, 1.82) is 0 Å². The highest BCUT2D eigenvalue weighted by Gasteiger charge is 2.32. The zero-order chi connectivity index (χ0) is 14.8. The molecule has 2 aromatic rings. The zero-order valence-electron chi connectivity index (χ0n) is 11.1. The average molecular weight is 306 g/mol. The van der Waals surface area contributed by atoms with E-state index in [9.17, 15) is 9.59 Å². The molecule has 7 nitrogen and oxygen atoms in total. The van der Waals surface area contributed by atoms with E-state index in [1.807, 2.05) is 11.4 Å². The first-order chi connectivity index (χ1) is 10.2. The Morgan fingerprint density at radius 2 is 2.33 bits per heavy atom. The van der Waals surface area contributed by atoms with Crippen molar-refractivity contribution in [2.75, 3.05) is 18.0 Å². The smallest absolute Gasteiger partial charge is 0.415 e. The van der Waals surface area contributed by atoms with E-state index in [0.29, 0.717) is 19.6 Å². The van der Waals surface area contributed by atoms with Crippen LogP contribution in [-0.2, 0) is 11.3 Å². The van der Waals surface area contributed by atoms with Crippen LogP contribution in [0.4, 0.5) is 9.80 Å². The van der Waals surface area contributed by atoms with Crippen LogP contribution in [0, 0.1) is 0 Å². The fraction of sp³-hybridized carbons (Fsp3) is 0.308. The molecule has 0 saturated carbocycles. The molecule has 2 N–H and O–H groups in total. The molecule has 1 aliphatic heterocycles. The monoisotopic (exact) mass is 306 g/mol. The molecule has 3 heterocycles. The SMILES string of the molecule is NC[C@H]1CN(c2cc(Cn3cccnc3=O)cs2)C(=O)O1. The van der Waals surface area contributed by atoms with Crippen LogP contribution in [-0.4, -0.2) is 34.8 Å². The summed E-state index contributed by atoms with van der Waals surface area (Å²) in [6, 6.07) is 3.59. The summed E-state index contributed by atoms with van der Waals surface area (Å²) in [5.74, 6) is 0. The van der Waals surface area contributed by atoms with Gasteiger partial charge in [-0.05, 0) is 23.1 Å². The molecule has 0 aliphatic carbocycles. The van der Waals surface area contributed by atoms with Gasteiger partial charge in [0.1, 0.15) is 11.1 Å². The van der Waals surface area contributed by atoms with Gasteiger partial charge in [-0.15, -0.1) is 11.3 Å². The van der Waals surface area contributed by atoms with Crippen molar-refractivity contribution >= 4 is 22.4 Å². The summed E-state index contributed by atoms with van der Waals surface area (Å²) < 4.78 is 6.64. The number of carbonyl (C=O) groups is 1. The van der Waals surface area contributed by atoms with Gasteiger partial charge in [0.15, 0.2) is 0 Å². The first kappa shape index (κ1) is 13.8. The number of rotatable bonds is 4. The third-order valence-electron chi connectivity index (χ3n) is 3.18. The first-order valence-corrected chi connectivity index (χ1v) is 7.32. The van der Waals surface area contributed by atoms with E-state index in [4.69, 9.17) is 10.5 Å². The summed E-state index contributed by atoms with van der Waals surface area (Å²) in [7, 11) is 0. The van der Waals surface area contributed by atoms with E-state index in [-0.39, 0.29) is 17.9 Å². The molecule has 1 atom stereocenters. The van der Waals surface area contributed by atoms with E-state index >= 15 is 0 Å². The lowest BCUT2D eigenvalue weighted by Crippen LogP contribution is -2.26. The molecule has 21 heavy (non-hydrogen) atoms. The fourth-order valence-corrected chi connectivity index (χ4v) is 3.03. The van der Waals surface area contributed by atoms with Crippen molar-refractivity contribution in [2.45, 2.75) is 12.6 Å². The molecule has 1 amide bonds. The molecule has 3 rings (SSSR count). The highest BCUT2D eigenvalue weighted by molar-refractivity contribution is 7.14. The van der Waals surface area contributed by atoms with Crippen LogP contribution in [0.2, 0.25) is 0 Å². The minimum absolute atomic E-state index is 0.260. The number of thiophene rings is 1. The van der Waals surface area contributed by atoms with Crippen LogP contribution in [0.1, 0.15) is 5.56 Å². The maximum Gasteiger partial charge on any atom is 0.415 e. The molecule has 1 saturated heterocycles. The highest BCUT2D eigenvalue weighted by atomic mass is 32.1. The molecule has 1 aliphatic rings. The van der Waals surface area contributed by atoms with Crippen molar-refractivity contribution in [3.05, 3.63) is 46.0 Å². The molecule has 8 heteroatoms. The second kappa shape index (κ2) is 5.66. The molecule has 0 bridgehead atoms. The predicted molar refractivity (Wildman–Crippen MR) is 78.6 cm³/mol. The number of nitrogens with zero attached hydrogens (tertiary/aromatic N) is 3. The molecule has 2 aromatic heterocycles. The van der Waals surface area contributed by atoms with Crippen molar-refractivity contribution in [2.24, 2.45) is 5.73 Å². The lowest BCUT2D eigenvalue weighted by Gasteiger charge is -2.09. The van der Waals surface area contributed by atoms with Crippen LogP contribution in [0.15, 0.2) is 34.7 Å². The zero-order valence-corrected chi connectivity index (χ0v) is 12.0. The number of amides is 1. The van der Waals surface area contributed by atoms with E-state index in [0.717, 1.165) is 10.6 Å². The van der Waals surface area contributed by atoms with Gasteiger partial charge in [0, 0.05) is 18.9 Å². The van der Waals surface area contributed by atoms with Gasteiger partial charge in [0.25, 0.3) is 0 Å². The number of hydrogen-bond donors (Lipinski definition) is 1. The summed E-state index contributed by atoms with van der Waals surface area (Å²) in [5, 5.41) is 2.71. The molecule has 1 fully saturated rings. The Balaban J connectivity index is 1.77. The predicted octanol–water partition coefficient (Wildman–Crippen LogP) is 0.637. The molecule has 0 radical (unpaired) electrons. The Morgan fingerprint density at radius 1 is 1.48 bits per heavy atom. The third-order valence-corrected chi connectivity index (χ3v) is 4.18. The topological polar surface area (TPSA) is 90.5 Å². The van der Waals surface area contributed by atoms with Gasteiger partial charge >= 0.3 is 11.8 Å². The van der Waals surface area contributed by atoms with Gasteiger partial charge in [0.2, 0.25) is 0 Å². The maximum atomic E-state index is 11.8. The van der Waals surface area contributed by atoms with E-state index in [2.05, 4.69) is 4.98 Å². The summed E-state index contributed by atoms with van der Waals surface area (Å²) >= 11 is 1.44. The highest BCUT2D eigenvalue weighted by Crippen LogP contribution is 2.28. The number of cyclic esters (lactones) is 1. The lowest BCUT2D eigenvalue weighted by atomic mass is 10.3. The van der Waals surface area contributed by atoms with Gasteiger partial charge in [-0.2, -0.15) is 0 Å². The second-order valence-corrected chi connectivity index (χ2v) is 5.57. The van der Waals surface area contributed by atoms with Gasteiger partial charge in [-0.3, -0.25) is 9.47 Å². The fourth-order valence-electron chi connectivity index (χ4n) is 2.12. The van der Waals surface area contributed by atoms with E-state index in [1.54, 1.807) is 17.2 Å².